The minimum Gasteiger partial charge on any atom is -0.329 e. The lowest BCUT2D eigenvalue weighted by Crippen LogP contribution is -2.44. The first-order valence-corrected chi connectivity index (χ1v) is 3.61. The van der Waals surface area contributed by atoms with E-state index < -0.39 is 18.5 Å². The Hall–Kier alpha value is -0.330. The maximum absolute atomic E-state index is 11.7. The molecular formula is C6H13F3N2O. The SMILES string of the molecule is CCC(OC(F)(F)F)C(N)CN. The third-order valence-electron chi connectivity index (χ3n) is 1.44. The van der Waals surface area contributed by atoms with E-state index in [1.807, 2.05) is 0 Å². The molecule has 0 aromatic heterocycles. The molecule has 0 aliphatic heterocycles. The third kappa shape index (κ3) is 4.53. The molecule has 0 radical (unpaired) electrons. The zero-order chi connectivity index (χ0) is 9.78. The fraction of sp³-hybridized carbons (Fsp3) is 1.00. The van der Waals surface area contributed by atoms with Crippen molar-refractivity contribution < 1.29 is 17.9 Å². The average molecular weight is 186 g/mol. The number of rotatable bonds is 4. The molecule has 0 aliphatic rings. The lowest BCUT2D eigenvalue weighted by Gasteiger charge is -2.22. The standard InChI is InChI=1S/C6H13F3N2O/c1-2-5(4(11)3-10)12-6(7,8)9/h4-5H,2-3,10-11H2,1H3. The van der Waals surface area contributed by atoms with Crippen LogP contribution < -0.4 is 11.5 Å². The van der Waals surface area contributed by atoms with Gasteiger partial charge in [-0.3, -0.25) is 4.74 Å². The van der Waals surface area contributed by atoms with Crippen molar-refractivity contribution in [2.75, 3.05) is 6.54 Å². The molecule has 0 aromatic rings. The summed E-state index contributed by atoms with van der Waals surface area (Å²) in [4.78, 5) is 0. The highest BCUT2D eigenvalue weighted by Crippen LogP contribution is 2.20. The Bertz CT molecular complexity index is 128. The monoisotopic (exact) mass is 186 g/mol. The molecule has 0 aromatic carbocycles. The summed E-state index contributed by atoms with van der Waals surface area (Å²) in [5.41, 5.74) is 10.4. The van der Waals surface area contributed by atoms with Crippen molar-refractivity contribution in [3.8, 4) is 0 Å². The number of halogens is 3. The van der Waals surface area contributed by atoms with Crippen molar-refractivity contribution in [2.24, 2.45) is 11.5 Å². The Balaban J connectivity index is 3.99. The lowest BCUT2D eigenvalue weighted by molar-refractivity contribution is -0.344. The van der Waals surface area contributed by atoms with Crippen LogP contribution in [0, 0.1) is 0 Å². The summed E-state index contributed by atoms with van der Waals surface area (Å²) >= 11 is 0. The third-order valence-corrected chi connectivity index (χ3v) is 1.44. The second-order valence-corrected chi connectivity index (χ2v) is 2.41. The summed E-state index contributed by atoms with van der Waals surface area (Å²) < 4.78 is 38.7. The fourth-order valence-corrected chi connectivity index (χ4v) is 0.797. The second-order valence-electron chi connectivity index (χ2n) is 2.41. The van der Waals surface area contributed by atoms with Gasteiger partial charge in [0.15, 0.2) is 0 Å². The highest BCUT2D eigenvalue weighted by atomic mass is 19.4. The van der Waals surface area contributed by atoms with Crippen molar-refractivity contribution in [3.05, 3.63) is 0 Å². The Kier molecular flexibility index (Phi) is 4.51. The zero-order valence-corrected chi connectivity index (χ0v) is 6.77. The van der Waals surface area contributed by atoms with E-state index in [2.05, 4.69) is 4.74 Å². The fourth-order valence-electron chi connectivity index (χ4n) is 0.797. The van der Waals surface area contributed by atoms with Gasteiger partial charge in [-0.2, -0.15) is 0 Å². The summed E-state index contributed by atoms with van der Waals surface area (Å²) in [7, 11) is 0. The van der Waals surface area contributed by atoms with Crippen LogP contribution >= 0.6 is 0 Å². The van der Waals surface area contributed by atoms with E-state index in [-0.39, 0.29) is 13.0 Å². The maximum atomic E-state index is 11.7. The predicted molar refractivity (Wildman–Crippen MR) is 38.2 cm³/mol. The van der Waals surface area contributed by atoms with Crippen molar-refractivity contribution in [3.63, 3.8) is 0 Å². The smallest absolute Gasteiger partial charge is 0.329 e. The van der Waals surface area contributed by atoms with Gasteiger partial charge in [0.05, 0.1) is 6.10 Å². The van der Waals surface area contributed by atoms with Crippen LogP contribution in [0.25, 0.3) is 0 Å². The van der Waals surface area contributed by atoms with Gasteiger partial charge >= 0.3 is 6.36 Å². The van der Waals surface area contributed by atoms with Crippen molar-refractivity contribution in [1.29, 1.82) is 0 Å². The van der Waals surface area contributed by atoms with Crippen LogP contribution in [0.3, 0.4) is 0 Å². The first-order valence-electron chi connectivity index (χ1n) is 3.61. The predicted octanol–water partition coefficient (Wildman–Crippen LogP) is 0.587. The van der Waals surface area contributed by atoms with Gasteiger partial charge in [0.25, 0.3) is 0 Å². The molecule has 0 aliphatic carbocycles. The Morgan fingerprint density at radius 1 is 1.42 bits per heavy atom. The van der Waals surface area contributed by atoms with Crippen LogP contribution in [0.2, 0.25) is 0 Å². The maximum Gasteiger partial charge on any atom is 0.522 e. The molecular weight excluding hydrogens is 173 g/mol. The molecule has 0 amide bonds. The van der Waals surface area contributed by atoms with E-state index in [0.717, 1.165) is 0 Å². The van der Waals surface area contributed by atoms with E-state index in [1.165, 1.54) is 0 Å². The topological polar surface area (TPSA) is 61.3 Å². The number of ether oxygens (including phenoxy) is 1. The van der Waals surface area contributed by atoms with Crippen LogP contribution in [-0.2, 0) is 4.74 Å². The van der Waals surface area contributed by atoms with E-state index in [0.29, 0.717) is 0 Å². The summed E-state index contributed by atoms with van der Waals surface area (Å²) in [5.74, 6) is 0. The second kappa shape index (κ2) is 4.64. The van der Waals surface area contributed by atoms with Gasteiger partial charge in [-0.1, -0.05) is 6.92 Å². The number of alkyl halides is 3. The molecule has 0 heterocycles. The lowest BCUT2D eigenvalue weighted by atomic mass is 10.1. The summed E-state index contributed by atoms with van der Waals surface area (Å²) in [5, 5.41) is 0. The normalized spacial score (nSPS) is 17.5. The van der Waals surface area contributed by atoms with Crippen LogP contribution in [0.5, 0.6) is 0 Å². The van der Waals surface area contributed by atoms with Crippen LogP contribution in [0.15, 0.2) is 0 Å². The molecule has 74 valence electrons. The minimum atomic E-state index is -4.63. The average Bonchev–Trinajstić information content (AvgIpc) is 1.97. The van der Waals surface area contributed by atoms with Crippen molar-refractivity contribution in [1.82, 2.24) is 0 Å². The first-order chi connectivity index (χ1) is 5.40. The van der Waals surface area contributed by atoms with Gasteiger partial charge in [-0.05, 0) is 6.42 Å². The molecule has 0 saturated heterocycles. The largest absolute Gasteiger partial charge is 0.522 e. The molecule has 2 unspecified atom stereocenters. The molecule has 0 spiro atoms. The van der Waals surface area contributed by atoms with Crippen molar-refractivity contribution >= 4 is 0 Å². The Labute approximate surface area is 68.9 Å². The summed E-state index contributed by atoms with van der Waals surface area (Å²) in [6.45, 7) is 1.54. The molecule has 0 rings (SSSR count). The van der Waals surface area contributed by atoms with Crippen molar-refractivity contribution in [2.45, 2.75) is 31.9 Å². The van der Waals surface area contributed by atoms with Gasteiger partial charge in [-0.25, -0.2) is 0 Å². The van der Waals surface area contributed by atoms with Gasteiger partial charge in [0.1, 0.15) is 0 Å². The highest BCUT2D eigenvalue weighted by Gasteiger charge is 2.34. The molecule has 2 atom stereocenters. The van der Waals surface area contributed by atoms with Crippen LogP contribution in [0.1, 0.15) is 13.3 Å². The molecule has 4 N–H and O–H groups in total. The molecule has 12 heavy (non-hydrogen) atoms. The first kappa shape index (κ1) is 11.7. The summed E-state index contributed by atoms with van der Waals surface area (Å²) in [6.07, 6.45) is -5.49. The van der Waals surface area contributed by atoms with E-state index in [4.69, 9.17) is 11.5 Å². The minimum absolute atomic E-state index is 0.0193. The van der Waals surface area contributed by atoms with E-state index in [1.54, 1.807) is 6.92 Å². The molecule has 0 fully saturated rings. The van der Waals surface area contributed by atoms with Gasteiger partial charge in [0.2, 0.25) is 0 Å². The number of hydrogen-bond donors (Lipinski definition) is 2. The Morgan fingerprint density at radius 2 is 1.92 bits per heavy atom. The molecule has 3 nitrogen and oxygen atoms in total. The molecule has 0 bridgehead atoms. The van der Waals surface area contributed by atoms with Gasteiger partial charge < -0.3 is 11.5 Å². The van der Waals surface area contributed by atoms with E-state index >= 15 is 0 Å². The zero-order valence-electron chi connectivity index (χ0n) is 6.77. The quantitative estimate of drug-likeness (QED) is 0.675. The van der Waals surface area contributed by atoms with E-state index in [9.17, 15) is 13.2 Å². The molecule has 6 heteroatoms. The van der Waals surface area contributed by atoms with Crippen LogP contribution in [0.4, 0.5) is 13.2 Å². The molecule has 0 saturated carbocycles. The van der Waals surface area contributed by atoms with Gasteiger partial charge in [-0.15, -0.1) is 13.2 Å². The van der Waals surface area contributed by atoms with Gasteiger partial charge in [0, 0.05) is 12.6 Å². The number of nitrogens with two attached hydrogens (primary N) is 2. The summed E-state index contributed by atoms with van der Waals surface area (Å²) in [6, 6.07) is -0.767. The van der Waals surface area contributed by atoms with Crippen LogP contribution in [-0.4, -0.2) is 25.1 Å². The Morgan fingerprint density at radius 3 is 2.17 bits per heavy atom. The number of hydrogen-bond acceptors (Lipinski definition) is 3. The highest BCUT2D eigenvalue weighted by molar-refractivity contribution is 4.72.